The molecule has 0 saturated carbocycles. The monoisotopic (exact) mass is 327 g/mol. The lowest BCUT2D eigenvalue weighted by molar-refractivity contribution is 0.188. The van der Waals surface area contributed by atoms with Crippen LogP contribution in [0.1, 0.15) is 5.56 Å². The summed E-state index contributed by atoms with van der Waals surface area (Å²) in [7, 11) is 4.84. The van der Waals surface area contributed by atoms with Crippen LogP contribution in [0, 0.1) is 6.92 Å². The van der Waals surface area contributed by atoms with Gasteiger partial charge in [-0.1, -0.05) is 24.3 Å². The number of ether oxygens (including phenoxy) is 1. The lowest BCUT2D eigenvalue weighted by atomic mass is 10.0. The SMILES string of the molecule is COCCn1cc2c(c1-c1ccccc1C)c(=O)n(C)c(=O)n2C. The van der Waals surface area contributed by atoms with E-state index in [1.807, 2.05) is 42.0 Å². The van der Waals surface area contributed by atoms with Gasteiger partial charge in [0, 0.05) is 39.5 Å². The maximum Gasteiger partial charge on any atom is 0.330 e. The van der Waals surface area contributed by atoms with Crippen molar-refractivity contribution in [3.05, 3.63) is 56.9 Å². The lowest BCUT2D eigenvalue weighted by Crippen LogP contribution is -2.36. The van der Waals surface area contributed by atoms with E-state index in [4.69, 9.17) is 4.74 Å². The highest BCUT2D eigenvalue weighted by Crippen LogP contribution is 2.30. The van der Waals surface area contributed by atoms with E-state index < -0.39 is 0 Å². The fourth-order valence-corrected chi connectivity index (χ4v) is 3.08. The molecule has 0 spiro atoms. The number of fused-ring (bicyclic) bond motifs is 1. The average Bonchev–Trinajstić information content (AvgIpc) is 2.96. The molecule has 0 saturated heterocycles. The molecule has 0 amide bonds. The van der Waals surface area contributed by atoms with E-state index in [0.717, 1.165) is 21.4 Å². The van der Waals surface area contributed by atoms with Crippen LogP contribution < -0.4 is 11.2 Å². The van der Waals surface area contributed by atoms with Gasteiger partial charge in [0.2, 0.25) is 0 Å². The van der Waals surface area contributed by atoms with Crippen LogP contribution in [0.15, 0.2) is 40.1 Å². The number of benzene rings is 1. The maximum atomic E-state index is 12.8. The van der Waals surface area contributed by atoms with E-state index >= 15 is 0 Å². The van der Waals surface area contributed by atoms with E-state index in [1.54, 1.807) is 14.2 Å². The highest BCUT2D eigenvalue weighted by molar-refractivity contribution is 5.94. The van der Waals surface area contributed by atoms with Crippen molar-refractivity contribution in [1.82, 2.24) is 13.7 Å². The van der Waals surface area contributed by atoms with Gasteiger partial charge in [0.25, 0.3) is 5.56 Å². The number of methoxy groups -OCH3 is 1. The van der Waals surface area contributed by atoms with Gasteiger partial charge in [-0.3, -0.25) is 13.9 Å². The van der Waals surface area contributed by atoms with Crippen LogP contribution in [0.25, 0.3) is 22.2 Å². The third-order valence-electron chi connectivity index (χ3n) is 4.45. The molecule has 3 rings (SSSR count). The number of hydrogen-bond acceptors (Lipinski definition) is 3. The molecule has 0 bridgehead atoms. The van der Waals surface area contributed by atoms with Crippen molar-refractivity contribution in [1.29, 1.82) is 0 Å². The van der Waals surface area contributed by atoms with Crippen molar-refractivity contribution >= 4 is 10.9 Å². The summed E-state index contributed by atoms with van der Waals surface area (Å²) in [4.78, 5) is 25.0. The van der Waals surface area contributed by atoms with Crippen molar-refractivity contribution in [2.24, 2.45) is 14.1 Å². The molecule has 0 N–H and O–H groups in total. The van der Waals surface area contributed by atoms with Crippen molar-refractivity contribution in [2.45, 2.75) is 13.5 Å². The van der Waals surface area contributed by atoms with E-state index in [2.05, 4.69) is 0 Å². The number of nitrogens with zero attached hydrogens (tertiary/aromatic N) is 3. The second-order valence-electron chi connectivity index (χ2n) is 5.94. The van der Waals surface area contributed by atoms with Crippen LogP contribution in [0.4, 0.5) is 0 Å². The normalized spacial score (nSPS) is 11.3. The van der Waals surface area contributed by atoms with Gasteiger partial charge in [0.15, 0.2) is 0 Å². The Morgan fingerprint density at radius 3 is 2.46 bits per heavy atom. The van der Waals surface area contributed by atoms with Gasteiger partial charge < -0.3 is 9.30 Å². The minimum atomic E-state index is -0.326. The van der Waals surface area contributed by atoms with Gasteiger partial charge in [0.1, 0.15) is 0 Å². The molecule has 3 aromatic rings. The summed E-state index contributed by atoms with van der Waals surface area (Å²) >= 11 is 0. The second-order valence-corrected chi connectivity index (χ2v) is 5.94. The van der Waals surface area contributed by atoms with Crippen LogP contribution in [0.5, 0.6) is 0 Å². The van der Waals surface area contributed by atoms with Crippen molar-refractivity contribution in [3.63, 3.8) is 0 Å². The first-order valence-electron chi connectivity index (χ1n) is 7.81. The van der Waals surface area contributed by atoms with Crippen LogP contribution in [-0.4, -0.2) is 27.4 Å². The molecule has 1 aromatic carbocycles. The van der Waals surface area contributed by atoms with E-state index in [9.17, 15) is 9.59 Å². The molecular weight excluding hydrogens is 306 g/mol. The molecule has 2 heterocycles. The summed E-state index contributed by atoms with van der Waals surface area (Å²) in [6, 6.07) is 7.94. The molecule has 0 aliphatic rings. The van der Waals surface area contributed by atoms with Gasteiger partial charge in [-0.25, -0.2) is 4.79 Å². The minimum Gasteiger partial charge on any atom is -0.383 e. The lowest BCUT2D eigenvalue weighted by Gasteiger charge is -2.11. The number of aryl methyl sites for hydroxylation is 2. The molecule has 0 aliphatic carbocycles. The first-order chi connectivity index (χ1) is 11.5. The van der Waals surface area contributed by atoms with Gasteiger partial charge >= 0.3 is 5.69 Å². The Labute approximate surface area is 139 Å². The standard InChI is InChI=1S/C18H21N3O3/c1-12-7-5-6-8-13(12)16-15-14(11-21(16)9-10-24-4)19(2)18(23)20(3)17(15)22/h5-8,11H,9-10H2,1-4H3. The number of rotatable bonds is 4. The first-order valence-corrected chi connectivity index (χ1v) is 7.81. The zero-order valence-electron chi connectivity index (χ0n) is 14.4. The summed E-state index contributed by atoms with van der Waals surface area (Å²) in [5.74, 6) is 0. The Kier molecular flexibility index (Phi) is 4.15. The number of aromatic nitrogens is 3. The molecule has 6 nitrogen and oxygen atoms in total. The zero-order chi connectivity index (χ0) is 17.4. The summed E-state index contributed by atoms with van der Waals surface area (Å²) in [5.41, 5.74) is 2.93. The highest BCUT2D eigenvalue weighted by Gasteiger charge is 2.19. The summed E-state index contributed by atoms with van der Waals surface area (Å²) < 4.78 is 9.87. The Hall–Kier alpha value is -2.60. The van der Waals surface area contributed by atoms with Gasteiger partial charge in [-0.05, 0) is 12.5 Å². The third kappa shape index (κ3) is 2.39. The Bertz CT molecular complexity index is 1020. The van der Waals surface area contributed by atoms with E-state index in [0.29, 0.717) is 24.1 Å². The predicted octanol–water partition coefficient (Wildman–Crippen LogP) is 1.66. The molecule has 126 valence electrons. The largest absolute Gasteiger partial charge is 0.383 e. The van der Waals surface area contributed by atoms with Crippen molar-refractivity contribution in [3.8, 4) is 11.3 Å². The fourth-order valence-electron chi connectivity index (χ4n) is 3.08. The smallest absolute Gasteiger partial charge is 0.330 e. The fraction of sp³-hybridized carbons (Fsp3) is 0.333. The van der Waals surface area contributed by atoms with Gasteiger partial charge in [0.05, 0.1) is 23.2 Å². The minimum absolute atomic E-state index is 0.275. The quantitative estimate of drug-likeness (QED) is 0.732. The molecule has 0 fully saturated rings. The van der Waals surface area contributed by atoms with E-state index in [-0.39, 0.29) is 11.2 Å². The van der Waals surface area contributed by atoms with E-state index in [1.165, 1.54) is 11.6 Å². The number of hydrogen-bond donors (Lipinski definition) is 0. The zero-order valence-corrected chi connectivity index (χ0v) is 14.4. The molecule has 0 unspecified atom stereocenters. The highest BCUT2D eigenvalue weighted by atomic mass is 16.5. The summed E-state index contributed by atoms with van der Waals surface area (Å²) in [6.45, 7) is 3.14. The van der Waals surface area contributed by atoms with Gasteiger partial charge in [-0.15, -0.1) is 0 Å². The Morgan fingerprint density at radius 1 is 1.08 bits per heavy atom. The van der Waals surface area contributed by atoms with Crippen molar-refractivity contribution < 1.29 is 4.74 Å². The molecule has 6 heteroatoms. The van der Waals surface area contributed by atoms with Crippen LogP contribution in [0.2, 0.25) is 0 Å². The molecular formula is C18H21N3O3. The first kappa shape index (κ1) is 16.3. The molecule has 0 atom stereocenters. The van der Waals surface area contributed by atoms with Gasteiger partial charge in [-0.2, -0.15) is 0 Å². The maximum absolute atomic E-state index is 12.8. The van der Waals surface area contributed by atoms with Crippen LogP contribution in [0.3, 0.4) is 0 Å². The average molecular weight is 327 g/mol. The Balaban J connectivity index is 2.47. The van der Waals surface area contributed by atoms with Crippen molar-refractivity contribution in [2.75, 3.05) is 13.7 Å². The van der Waals surface area contributed by atoms with Crippen LogP contribution in [-0.2, 0) is 25.4 Å². The molecule has 0 aliphatic heterocycles. The second kappa shape index (κ2) is 6.13. The Morgan fingerprint density at radius 2 is 1.79 bits per heavy atom. The topological polar surface area (TPSA) is 58.2 Å². The molecule has 0 radical (unpaired) electrons. The molecule has 24 heavy (non-hydrogen) atoms. The summed E-state index contributed by atoms with van der Waals surface area (Å²) in [6.07, 6.45) is 1.86. The predicted molar refractivity (Wildman–Crippen MR) is 94.5 cm³/mol. The van der Waals surface area contributed by atoms with Crippen LogP contribution >= 0.6 is 0 Å². The summed E-state index contributed by atoms with van der Waals surface area (Å²) in [5, 5.41) is 0.560. The molecule has 2 aromatic heterocycles. The third-order valence-corrected chi connectivity index (χ3v) is 4.45.